The number of nitrogens with one attached hydrogen (secondary N) is 1. The normalized spacial score (nSPS) is 13.4. The van der Waals surface area contributed by atoms with Crippen LogP contribution in [-0.4, -0.2) is 23.8 Å². The first kappa shape index (κ1) is 14.0. The minimum atomic E-state index is -3.67. The van der Waals surface area contributed by atoms with Crippen molar-refractivity contribution in [1.29, 1.82) is 0 Å². The summed E-state index contributed by atoms with van der Waals surface area (Å²) in [5, 5.41) is -0.0129. The van der Waals surface area contributed by atoms with Gasteiger partial charge in [0.05, 0.1) is 12.4 Å². The molecule has 1 N–H and O–H groups in total. The molecule has 1 aromatic heterocycles. The Morgan fingerprint density at radius 3 is 2.58 bits per heavy atom. The molecule has 0 aliphatic heterocycles. The fourth-order valence-corrected chi connectivity index (χ4v) is 3.20. The monoisotopic (exact) mass is 299 g/mol. The fourth-order valence-electron chi connectivity index (χ4n) is 1.65. The van der Waals surface area contributed by atoms with Gasteiger partial charge >= 0.3 is 0 Å². The second-order valence-corrected chi connectivity index (χ2v) is 6.09. The van der Waals surface area contributed by atoms with Crippen LogP contribution in [0, 0.1) is 0 Å². The van der Waals surface area contributed by atoms with E-state index in [0.29, 0.717) is 0 Å². The van der Waals surface area contributed by atoms with Crippen molar-refractivity contribution in [2.24, 2.45) is 7.05 Å². The predicted molar refractivity (Wildman–Crippen MR) is 73.4 cm³/mol. The lowest BCUT2D eigenvalue weighted by Crippen LogP contribution is -2.30. The van der Waals surface area contributed by atoms with E-state index in [1.807, 2.05) is 30.3 Å². The minimum absolute atomic E-state index is 0.0129. The van der Waals surface area contributed by atoms with E-state index in [-0.39, 0.29) is 10.9 Å². The molecule has 0 saturated heterocycles. The van der Waals surface area contributed by atoms with Crippen molar-refractivity contribution in [3.63, 3.8) is 0 Å². The molecule has 0 aliphatic carbocycles. The van der Waals surface area contributed by atoms with Crippen molar-refractivity contribution in [3.05, 3.63) is 48.4 Å². The van der Waals surface area contributed by atoms with Crippen LogP contribution < -0.4 is 4.72 Å². The topological polar surface area (TPSA) is 64.0 Å². The molecule has 0 fully saturated rings. The van der Waals surface area contributed by atoms with E-state index in [9.17, 15) is 8.42 Å². The first-order chi connectivity index (χ1) is 9.03. The number of aryl methyl sites for hydroxylation is 1. The maximum absolute atomic E-state index is 12.1. The van der Waals surface area contributed by atoms with E-state index in [2.05, 4.69) is 9.71 Å². The van der Waals surface area contributed by atoms with Gasteiger partial charge in [-0.2, -0.15) is 0 Å². The Bertz CT molecular complexity index is 640. The van der Waals surface area contributed by atoms with Crippen LogP contribution in [0.25, 0.3) is 0 Å². The minimum Gasteiger partial charge on any atom is -0.339 e. The molecule has 7 heteroatoms. The maximum atomic E-state index is 12.1. The summed E-state index contributed by atoms with van der Waals surface area (Å²) in [7, 11) is -1.95. The predicted octanol–water partition coefficient (Wildman–Crippen LogP) is 1.68. The van der Waals surface area contributed by atoms with Gasteiger partial charge in [-0.05, 0) is 5.56 Å². The third-order valence-corrected chi connectivity index (χ3v) is 4.28. The fraction of sp³-hybridized carbons (Fsp3) is 0.250. The van der Waals surface area contributed by atoms with E-state index in [0.717, 1.165) is 5.56 Å². The molecule has 0 amide bonds. The summed E-state index contributed by atoms with van der Waals surface area (Å²) in [4.78, 5) is 3.84. The second kappa shape index (κ2) is 5.73. The molecule has 2 aromatic rings. The molecule has 1 heterocycles. The van der Waals surface area contributed by atoms with E-state index in [1.165, 1.54) is 12.5 Å². The summed E-state index contributed by atoms with van der Waals surface area (Å²) < 4.78 is 28.4. The molecular formula is C12H14ClN3O2S. The van der Waals surface area contributed by atoms with Crippen LogP contribution in [0.15, 0.2) is 47.9 Å². The molecular weight excluding hydrogens is 286 g/mol. The summed E-state index contributed by atoms with van der Waals surface area (Å²) in [6, 6.07) is 8.72. The first-order valence-electron chi connectivity index (χ1n) is 5.64. The number of imidazole rings is 1. The molecule has 0 bridgehead atoms. The summed E-state index contributed by atoms with van der Waals surface area (Å²) in [6.45, 7) is 0. The van der Waals surface area contributed by atoms with E-state index in [4.69, 9.17) is 11.6 Å². The number of benzene rings is 1. The van der Waals surface area contributed by atoms with Gasteiger partial charge in [0.15, 0.2) is 5.03 Å². The Hall–Kier alpha value is -1.37. The van der Waals surface area contributed by atoms with Crippen LogP contribution in [0.2, 0.25) is 0 Å². The van der Waals surface area contributed by atoms with Crippen molar-refractivity contribution in [1.82, 2.24) is 14.3 Å². The third-order valence-electron chi connectivity index (χ3n) is 2.61. The Morgan fingerprint density at radius 1 is 1.37 bits per heavy atom. The van der Waals surface area contributed by atoms with Crippen LogP contribution in [0.5, 0.6) is 0 Å². The number of nitrogens with zero attached hydrogens (tertiary/aromatic N) is 2. The zero-order valence-corrected chi connectivity index (χ0v) is 11.9. The van der Waals surface area contributed by atoms with Gasteiger partial charge in [-0.15, -0.1) is 11.6 Å². The number of hydrogen-bond acceptors (Lipinski definition) is 3. The standard InChI is InChI=1S/C12H14ClN3O2S/c1-16-8-12(14-9-16)19(17,18)15-11(7-13)10-5-3-2-4-6-10/h2-6,8-9,11,15H,7H2,1H3. The van der Waals surface area contributed by atoms with E-state index in [1.54, 1.807) is 11.6 Å². The molecule has 5 nitrogen and oxygen atoms in total. The van der Waals surface area contributed by atoms with Crippen molar-refractivity contribution >= 4 is 21.6 Å². The second-order valence-electron chi connectivity index (χ2n) is 4.12. The third kappa shape index (κ3) is 3.34. The number of rotatable bonds is 5. The lowest BCUT2D eigenvalue weighted by molar-refractivity contribution is 0.564. The van der Waals surface area contributed by atoms with Crippen LogP contribution in [-0.2, 0) is 17.1 Å². The van der Waals surface area contributed by atoms with Crippen molar-refractivity contribution in [2.75, 3.05) is 5.88 Å². The Balaban J connectivity index is 2.23. The number of aromatic nitrogens is 2. The first-order valence-corrected chi connectivity index (χ1v) is 7.66. The summed E-state index contributed by atoms with van der Waals surface area (Å²) >= 11 is 5.85. The number of sulfonamides is 1. The number of hydrogen-bond donors (Lipinski definition) is 1. The average Bonchev–Trinajstić information content (AvgIpc) is 2.85. The summed E-state index contributed by atoms with van der Waals surface area (Å²) in [5.74, 6) is 0.149. The summed E-state index contributed by atoms with van der Waals surface area (Å²) in [5.41, 5.74) is 0.817. The SMILES string of the molecule is Cn1cnc(S(=O)(=O)NC(CCl)c2ccccc2)c1. The smallest absolute Gasteiger partial charge is 0.260 e. The Kier molecular flexibility index (Phi) is 4.24. The zero-order valence-electron chi connectivity index (χ0n) is 10.3. The molecule has 0 aliphatic rings. The van der Waals surface area contributed by atoms with Gasteiger partial charge in [0.25, 0.3) is 10.0 Å². The summed E-state index contributed by atoms with van der Waals surface area (Å²) in [6.07, 6.45) is 2.88. The average molecular weight is 300 g/mol. The molecule has 2 rings (SSSR count). The van der Waals surface area contributed by atoms with Gasteiger partial charge in [0, 0.05) is 19.1 Å². The van der Waals surface area contributed by atoms with Gasteiger partial charge in [0.1, 0.15) is 0 Å². The molecule has 1 atom stereocenters. The highest BCUT2D eigenvalue weighted by atomic mass is 35.5. The van der Waals surface area contributed by atoms with Crippen LogP contribution >= 0.6 is 11.6 Å². The zero-order chi connectivity index (χ0) is 13.9. The lowest BCUT2D eigenvalue weighted by Gasteiger charge is -2.15. The molecule has 1 unspecified atom stereocenters. The number of halogens is 1. The van der Waals surface area contributed by atoms with Crippen LogP contribution in [0.3, 0.4) is 0 Å². The largest absolute Gasteiger partial charge is 0.339 e. The van der Waals surface area contributed by atoms with E-state index >= 15 is 0 Å². The Morgan fingerprint density at radius 2 is 2.05 bits per heavy atom. The highest BCUT2D eigenvalue weighted by Crippen LogP contribution is 2.17. The maximum Gasteiger partial charge on any atom is 0.260 e. The molecule has 102 valence electrons. The lowest BCUT2D eigenvalue weighted by atomic mass is 10.1. The quantitative estimate of drug-likeness (QED) is 0.854. The molecule has 19 heavy (non-hydrogen) atoms. The van der Waals surface area contributed by atoms with Crippen LogP contribution in [0.4, 0.5) is 0 Å². The van der Waals surface area contributed by atoms with Crippen LogP contribution in [0.1, 0.15) is 11.6 Å². The van der Waals surface area contributed by atoms with Crippen molar-refractivity contribution < 1.29 is 8.42 Å². The molecule has 0 radical (unpaired) electrons. The van der Waals surface area contributed by atoms with Gasteiger partial charge < -0.3 is 4.57 Å². The van der Waals surface area contributed by atoms with Gasteiger partial charge in [0.2, 0.25) is 0 Å². The highest BCUT2D eigenvalue weighted by molar-refractivity contribution is 7.89. The molecule has 1 aromatic carbocycles. The highest BCUT2D eigenvalue weighted by Gasteiger charge is 2.22. The van der Waals surface area contributed by atoms with Gasteiger partial charge in [-0.25, -0.2) is 18.1 Å². The van der Waals surface area contributed by atoms with E-state index < -0.39 is 16.1 Å². The van der Waals surface area contributed by atoms with Gasteiger partial charge in [-0.3, -0.25) is 0 Å². The van der Waals surface area contributed by atoms with Crippen molar-refractivity contribution in [3.8, 4) is 0 Å². The van der Waals surface area contributed by atoms with Gasteiger partial charge in [-0.1, -0.05) is 30.3 Å². The Labute approximate surface area is 117 Å². The molecule has 0 spiro atoms. The van der Waals surface area contributed by atoms with Crippen molar-refractivity contribution in [2.45, 2.75) is 11.1 Å². The molecule has 0 saturated carbocycles. The number of alkyl halides is 1.